The summed E-state index contributed by atoms with van der Waals surface area (Å²) in [7, 11) is 0. The van der Waals surface area contributed by atoms with Crippen molar-refractivity contribution in [3.8, 4) is 0 Å². The van der Waals surface area contributed by atoms with E-state index in [4.69, 9.17) is 0 Å². The molecule has 1 fully saturated rings. The van der Waals surface area contributed by atoms with Crippen LogP contribution in [0.2, 0.25) is 0 Å². The van der Waals surface area contributed by atoms with Gasteiger partial charge >= 0.3 is 0 Å². The Morgan fingerprint density at radius 1 is 1.47 bits per heavy atom. The van der Waals surface area contributed by atoms with Gasteiger partial charge in [-0.1, -0.05) is 13.0 Å². The number of hydrogen-bond acceptors (Lipinski definition) is 3. The first kappa shape index (κ1) is 12.6. The quantitative estimate of drug-likeness (QED) is 0.619. The first-order valence-electron chi connectivity index (χ1n) is 7.22. The molecule has 0 aromatic heterocycles. The molecule has 102 valence electrons. The summed E-state index contributed by atoms with van der Waals surface area (Å²) in [6.45, 7) is 4.55. The third-order valence-electron chi connectivity index (χ3n) is 4.57. The minimum atomic E-state index is -0.286. The van der Waals surface area contributed by atoms with E-state index in [0.717, 1.165) is 13.0 Å². The number of fused-ring (bicyclic) bond motifs is 3. The summed E-state index contributed by atoms with van der Waals surface area (Å²) >= 11 is 0. The van der Waals surface area contributed by atoms with Gasteiger partial charge in [0.1, 0.15) is 0 Å². The molecule has 0 N–H and O–H groups in total. The van der Waals surface area contributed by atoms with E-state index in [1.165, 1.54) is 36.9 Å². The van der Waals surface area contributed by atoms with Crippen molar-refractivity contribution in [2.24, 2.45) is 0 Å². The van der Waals surface area contributed by atoms with Gasteiger partial charge in [-0.25, -0.2) is 0 Å². The standard InChI is InChI=1S/C15H20N2O2/c1-2-7-16-8-3-4-14-13-6-5-12(17(18)19)9-11(13)10-15(14)16/h5-6,9,14-15H,2-4,7-8,10H2,1H3/t14-,15-/m0/s1. The van der Waals surface area contributed by atoms with E-state index in [0.29, 0.717) is 12.0 Å². The monoisotopic (exact) mass is 260 g/mol. The van der Waals surface area contributed by atoms with Gasteiger partial charge in [0, 0.05) is 24.1 Å². The first-order valence-corrected chi connectivity index (χ1v) is 7.22. The summed E-state index contributed by atoms with van der Waals surface area (Å²) in [6, 6.07) is 6.02. The highest BCUT2D eigenvalue weighted by Crippen LogP contribution is 2.43. The number of benzene rings is 1. The molecule has 4 heteroatoms. The van der Waals surface area contributed by atoms with Gasteiger partial charge in [0.2, 0.25) is 0 Å². The van der Waals surface area contributed by atoms with Crippen LogP contribution < -0.4 is 0 Å². The predicted octanol–water partition coefficient (Wildman–Crippen LogP) is 3.11. The highest BCUT2D eigenvalue weighted by atomic mass is 16.6. The number of hydrogen-bond donors (Lipinski definition) is 0. The average molecular weight is 260 g/mol. The summed E-state index contributed by atoms with van der Waals surface area (Å²) in [5.41, 5.74) is 2.79. The molecule has 1 aliphatic carbocycles. The van der Waals surface area contributed by atoms with Crippen molar-refractivity contribution in [2.45, 2.75) is 44.6 Å². The number of nitro groups is 1. The van der Waals surface area contributed by atoms with Crippen LogP contribution in [0.15, 0.2) is 18.2 Å². The zero-order valence-electron chi connectivity index (χ0n) is 11.3. The van der Waals surface area contributed by atoms with Gasteiger partial charge in [0.15, 0.2) is 0 Å². The van der Waals surface area contributed by atoms with Crippen molar-refractivity contribution < 1.29 is 4.92 Å². The van der Waals surface area contributed by atoms with Crippen LogP contribution in [-0.2, 0) is 6.42 Å². The molecule has 2 aliphatic rings. The van der Waals surface area contributed by atoms with E-state index in [9.17, 15) is 10.1 Å². The van der Waals surface area contributed by atoms with Crippen LogP contribution in [0.5, 0.6) is 0 Å². The van der Waals surface area contributed by atoms with Crippen LogP contribution >= 0.6 is 0 Å². The largest absolute Gasteiger partial charge is 0.299 e. The SMILES string of the molecule is CCCN1CCC[C@H]2c3ccc([N+](=O)[O-])cc3C[C@@H]21. The Morgan fingerprint density at radius 2 is 2.32 bits per heavy atom. The fourth-order valence-electron chi connectivity index (χ4n) is 3.80. The van der Waals surface area contributed by atoms with E-state index >= 15 is 0 Å². The fourth-order valence-corrected chi connectivity index (χ4v) is 3.80. The molecular formula is C15H20N2O2. The number of likely N-dealkylation sites (tertiary alicyclic amines) is 1. The van der Waals surface area contributed by atoms with Crippen LogP contribution in [0.1, 0.15) is 43.2 Å². The molecule has 0 amide bonds. The predicted molar refractivity (Wildman–Crippen MR) is 74.4 cm³/mol. The van der Waals surface area contributed by atoms with Gasteiger partial charge in [0.25, 0.3) is 5.69 Å². The summed E-state index contributed by atoms with van der Waals surface area (Å²) in [5, 5.41) is 10.9. The molecule has 19 heavy (non-hydrogen) atoms. The van der Waals surface area contributed by atoms with E-state index in [-0.39, 0.29) is 10.6 Å². The van der Waals surface area contributed by atoms with E-state index in [2.05, 4.69) is 11.8 Å². The van der Waals surface area contributed by atoms with Crippen LogP contribution in [0.4, 0.5) is 5.69 Å². The lowest BCUT2D eigenvalue weighted by atomic mass is 9.88. The second kappa shape index (κ2) is 4.93. The average Bonchev–Trinajstić information content (AvgIpc) is 2.78. The third kappa shape index (κ3) is 2.14. The van der Waals surface area contributed by atoms with Gasteiger partial charge in [-0.2, -0.15) is 0 Å². The van der Waals surface area contributed by atoms with Gasteiger partial charge in [-0.05, 0) is 49.9 Å². The Morgan fingerprint density at radius 3 is 3.05 bits per heavy atom. The summed E-state index contributed by atoms with van der Waals surface area (Å²) in [5.74, 6) is 0.594. The maximum absolute atomic E-state index is 10.9. The van der Waals surface area contributed by atoms with Gasteiger partial charge < -0.3 is 0 Å². The first-order chi connectivity index (χ1) is 9.20. The topological polar surface area (TPSA) is 46.4 Å². The maximum atomic E-state index is 10.9. The van der Waals surface area contributed by atoms with Crippen molar-refractivity contribution in [1.82, 2.24) is 4.90 Å². The van der Waals surface area contributed by atoms with Crippen LogP contribution in [0.25, 0.3) is 0 Å². The van der Waals surface area contributed by atoms with Crippen molar-refractivity contribution in [1.29, 1.82) is 0 Å². The van der Waals surface area contributed by atoms with Crippen LogP contribution in [0, 0.1) is 10.1 Å². The number of piperidine rings is 1. The van der Waals surface area contributed by atoms with Crippen LogP contribution in [0.3, 0.4) is 0 Å². The second-order valence-corrected chi connectivity index (χ2v) is 5.70. The minimum Gasteiger partial charge on any atom is -0.299 e. The minimum absolute atomic E-state index is 0.236. The molecule has 1 aliphatic heterocycles. The van der Waals surface area contributed by atoms with Crippen molar-refractivity contribution >= 4 is 5.69 Å². The summed E-state index contributed by atoms with van der Waals surface area (Å²) in [6.07, 6.45) is 4.65. The van der Waals surface area contributed by atoms with Gasteiger partial charge in [-0.15, -0.1) is 0 Å². The van der Waals surface area contributed by atoms with E-state index in [1.807, 2.05) is 6.07 Å². The number of nitro benzene ring substituents is 1. The zero-order chi connectivity index (χ0) is 13.4. The Balaban J connectivity index is 1.90. The van der Waals surface area contributed by atoms with Crippen molar-refractivity contribution in [3.05, 3.63) is 39.4 Å². The van der Waals surface area contributed by atoms with Crippen LogP contribution in [-0.4, -0.2) is 29.0 Å². The molecule has 0 unspecified atom stereocenters. The molecule has 0 spiro atoms. The summed E-state index contributed by atoms with van der Waals surface area (Å²) in [4.78, 5) is 13.2. The van der Waals surface area contributed by atoms with Crippen molar-refractivity contribution in [3.63, 3.8) is 0 Å². The Labute approximate surface area is 113 Å². The molecule has 1 aromatic rings. The second-order valence-electron chi connectivity index (χ2n) is 5.70. The van der Waals surface area contributed by atoms with Crippen molar-refractivity contribution in [2.75, 3.05) is 13.1 Å². The molecule has 0 bridgehead atoms. The number of nitrogens with zero attached hydrogens (tertiary/aromatic N) is 2. The van der Waals surface area contributed by atoms with Gasteiger partial charge in [0.05, 0.1) is 4.92 Å². The molecular weight excluding hydrogens is 240 g/mol. The number of rotatable bonds is 3. The van der Waals surface area contributed by atoms with Gasteiger partial charge in [-0.3, -0.25) is 15.0 Å². The fraction of sp³-hybridized carbons (Fsp3) is 0.600. The number of non-ortho nitro benzene ring substituents is 1. The summed E-state index contributed by atoms with van der Waals surface area (Å²) < 4.78 is 0. The normalized spacial score (nSPS) is 25.9. The third-order valence-corrected chi connectivity index (χ3v) is 4.57. The smallest absolute Gasteiger partial charge is 0.269 e. The Bertz CT molecular complexity index is 499. The zero-order valence-corrected chi connectivity index (χ0v) is 11.3. The lowest BCUT2D eigenvalue weighted by Gasteiger charge is -2.37. The molecule has 1 heterocycles. The Kier molecular flexibility index (Phi) is 3.27. The molecule has 1 saturated heterocycles. The van der Waals surface area contributed by atoms with E-state index < -0.39 is 0 Å². The highest BCUT2D eigenvalue weighted by molar-refractivity contribution is 5.46. The van der Waals surface area contributed by atoms with E-state index in [1.54, 1.807) is 12.1 Å². The molecule has 1 aromatic carbocycles. The maximum Gasteiger partial charge on any atom is 0.269 e. The molecule has 0 radical (unpaired) electrons. The molecule has 2 atom stereocenters. The Hall–Kier alpha value is -1.42. The molecule has 3 rings (SSSR count). The molecule has 4 nitrogen and oxygen atoms in total. The highest BCUT2D eigenvalue weighted by Gasteiger charge is 2.38. The molecule has 0 saturated carbocycles. The lowest BCUT2D eigenvalue weighted by molar-refractivity contribution is -0.384. The lowest BCUT2D eigenvalue weighted by Crippen LogP contribution is -2.42.